The zero-order valence-corrected chi connectivity index (χ0v) is 10.6. The maximum atomic E-state index is 6.20. The summed E-state index contributed by atoms with van der Waals surface area (Å²) in [4.78, 5) is 0. The van der Waals surface area contributed by atoms with Crippen molar-refractivity contribution in [3.05, 3.63) is 34.9 Å². The molecular formula is C14H16ClNO. The Morgan fingerprint density at radius 3 is 3.18 bits per heavy atom. The summed E-state index contributed by atoms with van der Waals surface area (Å²) in [5.41, 5.74) is 0.980. The number of ether oxygens (including phenoxy) is 1. The van der Waals surface area contributed by atoms with E-state index >= 15 is 0 Å². The Labute approximate surface area is 107 Å². The molecule has 1 spiro atoms. The van der Waals surface area contributed by atoms with Gasteiger partial charge in [-0.25, -0.2) is 0 Å². The second-order valence-corrected chi connectivity index (χ2v) is 5.43. The van der Waals surface area contributed by atoms with Crippen LogP contribution in [-0.2, 0) is 0 Å². The van der Waals surface area contributed by atoms with Gasteiger partial charge in [0.2, 0.25) is 0 Å². The van der Waals surface area contributed by atoms with Gasteiger partial charge in [0, 0.05) is 29.5 Å². The number of benzene rings is 1. The first kappa shape index (κ1) is 11.1. The van der Waals surface area contributed by atoms with E-state index in [1.807, 2.05) is 18.2 Å². The number of rotatable bonds is 0. The minimum absolute atomic E-state index is 0.137. The average Bonchev–Trinajstić information content (AvgIpc) is 2.28. The Hall–Kier alpha value is -0.990. The second-order valence-electron chi connectivity index (χ2n) is 4.99. The summed E-state index contributed by atoms with van der Waals surface area (Å²) < 4.78 is 6.20. The van der Waals surface area contributed by atoms with E-state index < -0.39 is 0 Å². The number of nitrogens with one attached hydrogen (secondary N) is 1. The summed E-state index contributed by atoms with van der Waals surface area (Å²) in [6.07, 6.45) is 6.39. The Morgan fingerprint density at radius 2 is 2.35 bits per heavy atom. The fraction of sp³-hybridized carbons (Fsp3) is 0.429. The van der Waals surface area contributed by atoms with Crippen LogP contribution in [0, 0.1) is 0 Å². The van der Waals surface area contributed by atoms with Crippen LogP contribution in [0.25, 0.3) is 6.08 Å². The van der Waals surface area contributed by atoms with Crippen molar-refractivity contribution in [2.45, 2.75) is 31.4 Å². The molecule has 0 bridgehead atoms. The Balaban J connectivity index is 1.93. The van der Waals surface area contributed by atoms with Crippen molar-refractivity contribution in [1.82, 2.24) is 5.32 Å². The maximum Gasteiger partial charge on any atom is 0.130 e. The Kier molecular flexibility index (Phi) is 2.64. The molecule has 17 heavy (non-hydrogen) atoms. The van der Waals surface area contributed by atoms with Gasteiger partial charge < -0.3 is 10.1 Å². The van der Waals surface area contributed by atoms with E-state index in [1.54, 1.807) is 0 Å². The van der Waals surface area contributed by atoms with Gasteiger partial charge in [-0.2, -0.15) is 0 Å². The summed E-state index contributed by atoms with van der Waals surface area (Å²) in [6.45, 7) is 3.20. The van der Waals surface area contributed by atoms with E-state index in [0.29, 0.717) is 6.04 Å². The van der Waals surface area contributed by atoms with Crippen LogP contribution >= 0.6 is 11.6 Å². The highest BCUT2D eigenvalue weighted by molar-refractivity contribution is 6.30. The van der Waals surface area contributed by atoms with Crippen LogP contribution in [0.2, 0.25) is 5.02 Å². The zero-order valence-electron chi connectivity index (χ0n) is 9.87. The normalized spacial score (nSPS) is 31.1. The van der Waals surface area contributed by atoms with Crippen molar-refractivity contribution in [3.63, 3.8) is 0 Å². The number of hydrogen-bond donors (Lipinski definition) is 1. The fourth-order valence-electron chi connectivity index (χ4n) is 2.70. The molecule has 3 heteroatoms. The summed E-state index contributed by atoms with van der Waals surface area (Å²) >= 11 is 6.02. The first-order valence-corrected chi connectivity index (χ1v) is 6.46. The largest absolute Gasteiger partial charge is 0.482 e. The molecule has 1 unspecified atom stereocenters. The fourth-order valence-corrected chi connectivity index (χ4v) is 2.86. The first-order valence-electron chi connectivity index (χ1n) is 6.08. The van der Waals surface area contributed by atoms with Gasteiger partial charge in [-0.1, -0.05) is 17.7 Å². The third-order valence-electron chi connectivity index (χ3n) is 3.55. The number of halogens is 1. The van der Waals surface area contributed by atoms with Gasteiger partial charge in [0.1, 0.15) is 11.4 Å². The summed E-state index contributed by atoms with van der Waals surface area (Å²) in [5, 5.41) is 4.18. The van der Waals surface area contributed by atoms with Gasteiger partial charge in [0.25, 0.3) is 0 Å². The van der Waals surface area contributed by atoms with E-state index in [-0.39, 0.29) is 5.60 Å². The lowest BCUT2D eigenvalue weighted by Gasteiger charge is -2.40. The summed E-state index contributed by atoms with van der Waals surface area (Å²) in [5.74, 6) is 0.911. The van der Waals surface area contributed by atoms with Gasteiger partial charge in [-0.3, -0.25) is 0 Å². The minimum Gasteiger partial charge on any atom is -0.482 e. The Bertz CT molecular complexity index is 471. The molecule has 1 N–H and O–H groups in total. The van der Waals surface area contributed by atoms with Crippen LogP contribution in [0.1, 0.15) is 25.3 Å². The van der Waals surface area contributed by atoms with E-state index in [4.69, 9.17) is 16.3 Å². The molecule has 3 rings (SSSR count). The monoisotopic (exact) mass is 249 g/mol. The number of piperidine rings is 1. The molecule has 1 saturated heterocycles. The molecule has 0 aromatic heterocycles. The van der Waals surface area contributed by atoms with Gasteiger partial charge in [0.05, 0.1) is 0 Å². The average molecular weight is 250 g/mol. The Morgan fingerprint density at radius 1 is 1.47 bits per heavy atom. The third kappa shape index (κ3) is 2.07. The smallest absolute Gasteiger partial charge is 0.130 e. The molecule has 2 heterocycles. The highest BCUT2D eigenvalue weighted by atomic mass is 35.5. The maximum absolute atomic E-state index is 6.20. The predicted octanol–water partition coefficient (Wildman–Crippen LogP) is 3.26. The zero-order chi connectivity index (χ0) is 11.9. The van der Waals surface area contributed by atoms with Crippen molar-refractivity contribution in [2.75, 3.05) is 6.54 Å². The van der Waals surface area contributed by atoms with Crippen molar-refractivity contribution in [1.29, 1.82) is 0 Å². The molecular weight excluding hydrogens is 234 g/mol. The molecule has 0 radical (unpaired) electrons. The van der Waals surface area contributed by atoms with Crippen LogP contribution in [0.3, 0.4) is 0 Å². The van der Waals surface area contributed by atoms with Crippen molar-refractivity contribution in [3.8, 4) is 5.75 Å². The van der Waals surface area contributed by atoms with E-state index in [2.05, 4.69) is 24.4 Å². The van der Waals surface area contributed by atoms with Gasteiger partial charge in [-0.05, 0) is 37.7 Å². The molecule has 2 aliphatic rings. The molecule has 2 atom stereocenters. The van der Waals surface area contributed by atoms with E-state index in [0.717, 1.165) is 35.7 Å². The first-order chi connectivity index (χ1) is 8.17. The predicted molar refractivity (Wildman–Crippen MR) is 70.5 cm³/mol. The molecule has 1 fully saturated rings. The molecule has 2 nitrogen and oxygen atoms in total. The van der Waals surface area contributed by atoms with Crippen LogP contribution in [-0.4, -0.2) is 18.2 Å². The molecule has 0 saturated carbocycles. The van der Waals surface area contributed by atoms with Gasteiger partial charge >= 0.3 is 0 Å². The molecule has 1 aromatic rings. The molecule has 90 valence electrons. The lowest BCUT2D eigenvalue weighted by molar-refractivity contribution is 0.0673. The minimum atomic E-state index is -0.137. The molecule has 0 aliphatic carbocycles. The summed E-state index contributed by atoms with van der Waals surface area (Å²) in [6, 6.07) is 6.31. The standard InChI is InChI=1S/C14H16ClNO/c1-10-9-14(6-7-16-10)5-4-11-2-3-12(15)8-13(11)17-14/h2-5,8,10,16H,6-7,9H2,1H3/t10-,14?/m1/s1. The van der Waals surface area contributed by atoms with Crippen molar-refractivity contribution in [2.24, 2.45) is 0 Å². The highest BCUT2D eigenvalue weighted by Gasteiger charge is 2.36. The van der Waals surface area contributed by atoms with Crippen LogP contribution in [0.4, 0.5) is 0 Å². The summed E-state index contributed by atoms with van der Waals surface area (Å²) in [7, 11) is 0. The van der Waals surface area contributed by atoms with E-state index in [1.165, 1.54) is 0 Å². The molecule has 1 aromatic carbocycles. The topological polar surface area (TPSA) is 21.3 Å². The van der Waals surface area contributed by atoms with Crippen LogP contribution < -0.4 is 10.1 Å². The molecule has 2 aliphatic heterocycles. The SMILES string of the molecule is C[C@@H]1CC2(C=Cc3ccc(Cl)cc3O2)CCN1. The second kappa shape index (κ2) is 4.04. The highest BCUT2D eigenvalue weighted by Crippen LogP contribution is 2.38. The lowest BCUT2D eigenvalue weighted by Crippen LogP contribution is -2.49. The quantitative estimate of drug-likeness (QED) is 0.762. The van der Waals surface area contributed by atoms with Crippen molar-refractivity contribution < 1.29 is 4.74 Å². The number of hydrogen-bond acceptors (Lipinski definition) is 2. The van der Waals surface area contributed by atoms with Crippen molar-refractivity contribution >= 4 is 17.7 Å². The van der Waals surface area contributed by atoms with Crippen LogP contribution in [0.5, 0.6) is 5.75 Å². The lowest BCUT2D eigenvalue weighted by atomic mass is 9.85. The van der Waals surface area contributed by atoms with E-state index in [9.17, 15) is 0 Å². The third-order valence-corrected chi connectivity index (χ3v) is 3.78. The number of fused-ring (bicyclic) bond motifs is 1. The van der Waals surface area contributed by atoms with Gasteiger partial charge in [0.15, 0.2) is 0 Å². The van der Waals surface area contributed by atoms with Crippen LogP contribution in [0.15, 0.2) is 24.3 Å². The van der Waals surface area contributed by atoms with Gasteiger partial charge in [-0.15, -0.1) is 0 Å². The molecule has 0 amide bonds.